The lowest BCUT2D eigenvalue weighted by Crippen LogP contribution is -2.25. The number of benzene rings is 1. The van der Waals surface area contributed by atoms with E-state index in [1.807, 2.05) is 13.1 Å². The van der Waals surface area contributed by atoms with Crippen LogP contribution in [0, 0.1) is 5.82 Å². The molecule has 114 valence electrons. The van der Waals surface area contributed by atoms with Crippen molar-refractivity contribution in [2.45, 2.75) is 19.8 Å². The van der Waals surface area contributed by atoms with Crippen molar-refractivity contribution in [1.82, 2.24) is 19.9 Å². The Morgan fingerprint density at radius 2 is 2.32 bits per heavy atom. The van der Waals surface area contributed by atoms with Crippen LogP contribution in [0.5, 0.6) is 0 Å². The summed E-state index contributed by atoms with van der Waals surface area (Å²) in [5.41, 5.74) is 2.54. The number of fused-ring (bicyclic) bond motifs is 1. The molecule has 2 N–H and O–H groups in total. The minimum absolute atomic E-state index is 0.141. The van der Waals surface area contributed by atoms with E-state index in [0.717, 1.165) is 33.7 Å². The molecule has 5 nitrogen and oxygen atoms in total. The van der Waals surface area contributed by atoms with Gasteiger partial charge in [-0.15, -0.1) is 5.10 Å². The molecular weight excluding hydrogens is 303 g/mol. The number of H-pyrrole nitrogens is 1. The topological polar surface area (TPSA) is 70.7 Å². The zero-order chi connectivity index (χ0) is 15.5. The van der Waals surface area contributed by atoms with Gasteiger partial charge >= 0.3 is 0 Å². The molecule has 0 aliphatic carbocycles. The number of aromatic nitrogens is 3. The van der Waals surface area contributed by atoms with E-state index in [0.29, 0.717) is 24.3 Å². The van der Waals surface area contributed by atoms with Crippen LogP contribution in [0.1, 0.15) is 27.9 Å². The van der Waals surface area contributed by atoms with E-state index in [-0.39, 0.29) is 11.7 Å². The Morgan fingerprint density at radius 1 is 1.45 bits per heavy atom. The molecule has 3 aromatic rings. The second kappa shape index (κ2) is 6.23. The summed E-state index contributed by atoms with van der Waals surface area (Å²) in [6.07, 6.45) is 3.21. The number of carbonyl (C=O) groups excluding carboxylic acids is 1. The predicted molar refractivity (Wildman–Crippen MR) is 83.6 cm³/mol. The number of carbonyl (C=O) groups is 1. The summed E-state index contributed by atoms with van der Waals surface area (Å²) in [6.45, 7) is 2.45. The average Bonchev–Trinajstić information content (AvgIpc) is 3.13. The van der Waals surface area contributed by atoms with Gasteiger partial charge in [-0.25, -0.2) is 4.39 Å². The van der Waals surface area contributed by atoms with Crippen LogP contribution >= 0.6 is 11.5 Å². The molecule has 0 bridgehead atoms. The lowest BCUT2D eigenvalue weighted by Gasteiger charge is -2.03. The highest BCUT2D eigenvalue weighted by Gasteiger charge is 2.14. The van der Waals surface area contributed by atoms with Gasteiger partial charge in [0.05, 0.1) is 5.69 Å². The summed E-state index contributed by atoms with van der Waals surface area (Å²) in [4.78, 5) is 15.7. The van der Waals surface area contributed by atoms with Crippen LogP contribution in [0.2, 0.25) is 0 Å². The molecule has 22 heavy (non-hydrogen) atoms. The third kappa shape index (κ3) is 2.85. The minimum atomic E-state index is -0.265. The van der Waals surface area contributed by atoms with Gasteiger partial charge in [-0.2, -0.15) is 0 Å². The average molecular weight is 318 g/mol. The van der Waals surface area contributed by atoms with Crippen molar-refractivity contribution in [2.75, 3.05) is 6.54 Å². The van der Waals surface area contributed by atoms with E-state index in [1.54, 1.807) is 6.07 Å². The van der Waals surface area contributed by atoms with Crippen molar-refractivity contribution < 1.29 is 9.18 Å². The van der Waals surface area contributed by atoms with Gasteiger partial charge in [-0.3, -0.25) is 4.79 Å². The van der Waals surface area contributed by atoms with Crippen molar-refractivity contribution in [3.05, 3.63) is 46.3 Å². The van der Waals surface area contributed by atoms with Gasteiger partial charge in [0, 0.05) is 23.6 Å². The number of halogens is 1. The first-order valence-electron chi connectivity index (χ1n) is 7.04. The summed E-state index contributed by atoms with van der Waals surface area (Å²) in [7, 11) is 0. The normalized spacial score (nSPS) is 11.0. The van der Waals surface area contributed by atoms with Crippen LogP contribution in [0.3, 0.4) is 0 Å². The van der Waals surface area contributed by atoms with Gasteiger partial charge < -0.3 is 10.3 Å². The van der Waals surface area contributed by atoms with E-state index in [4.69, 9.17) is 0 Å². The zero-order valence-electron chi connectivity index (χ0n) is 12.0. The largest absolute Gasteiger partial charge is 0.361 e. The van der Waals surface area contributed by atoms with Crippen LogP contribution in [-0.4, -0.2) is 27.0 Å². The van der Waals surface area contributed by atoms with Crippen LogP contribution in [0.4, 0.5) is 4.39 Å². The Morgan fingerprint density at radius 3 is 3.14 bits per heavy atom. The highest BCUT2D eigenvalue weighted by atomic mass is 32.1. The molecule has 0 radical (unpaired) electrons. The molecule has 1 amide bonds. The first-order valence-corrected chi connectivity index (χ1v) is 7.81. The summed E-state index contributed by atoms with van der Waals surface area (Å²) < 4.78 is 17.0. The molecule has 0 aliphatic heterocycles. The molecular formula is C15H15FN4OS. The fourth-order valence-electron chi connectivity index (χ4n) is 2.37. The quantitative estimate of drug-likeness (QED) is 0.760. The number of aryl methyl sites for hydroxylation is 1. The first kappa shape index (κ1) is 14.6. The highest BCUT2D eigenvalue weighted by molar-refractivity contribution is 7.08. The number of hydrogen-bond donors (Lipinski definition) is 2. The van der Waals surface area contributed by atoms with Crippen LogP contribution in [0.25, 0.3) is 10.9 Å². The molecule has 0 saturated heterocycles. The van der Waals surface area contributed by atoms with Crippen molar-refractivity contribution in [3.8, 4) is 0 Å². The molecule has 1 aromatic carbocycles. The Labute approximate surface area is 130 Å². The molecule has 2 heterocycles. The summed E-state index contributed by atoms with van der Waals surface area (Å²) in [6, 6.07) is 4.66. The lowest BCUT2D eigenvalue weighted by molar-refractivity contribution is 0.0957. The van der Waals surface area contributed by atoms with E-state index < -0.39 is 0 Å². The lowest BCUT2D eigenvalue weighted by atomic mass is 10.1. The van der Waals surface area contributed by atoms with Crippen molar-refractivity contribution in [2.24, 2.45) is 0 Å². The summed E-state index contributed by atoms with van der Waals surface area (Å²) in [5, 5.41) is 7.78. The van der Waals surface area contributed by atoms with Gasteiger partial charge in [-0.1, -0.05) is 11.4 Å². The van der Waals surface area contributed by atoms with Gasteiger partial charge in [0.2, 0.25) is 0 Å². The zero-order valence-corrected chi connectivity index (χ0v) is 12.8. The molecule has 0 saturated carbocycles. The minimum Gasteiger partial charge on any atom is -0.361 e. The number of nitrogens with one attached hydrogen (secondary N) is 2. The molecule has 7 heteroatoms. The monoisotopic (exact) mass is 318 g/mol. The molecule has 0 unspecified atom stereocenters. The SMILES string of the molecule is CCc1nnsc1C(=O)NCCc1c[nH]c2cc(F)ccc12. The van der Waals surface area contributed by atoms with Crippen molar-refractivity contribution in [1.29, 1.82) is 0 Å². The van der Waals surface area contributed by atoms with Crippen molar-refractivity contribution in [3.63, 3.8) is 0 Å². The summed E-state index contributed by atoms with van der Waals surface area (Å²) in [5.74, 6) is -0.406. The predicted octanol–water partition coefficient (Wildman–Crippen LogP) is 2.69. The standard InChI is InChI=1S/C15H15FN4OS/c1-2-12-14(22-20-19-12)15(21)17-6-5-9-8-18-13-7-10(16)3-4-11(9)13/h3-4,7-8,18H,2,5-6H2,1H3,(H,17,21). The van der Waals surface area contributed by atoms with Crippen molar-refractivity contribution >= 4 is 28.3 Å². The smallest absolute Gasteiger partial charge is 0.264 e. The number of amides is 1. The maximum Gasteiger partial charge on any atom is 0.264 e. The van der Waals surface area contributed by atoms with E-state index >= 15 is 0 Å². The number of aromatic amines is 1. The third-order valence-corrected chi connectivity index (χ3v) is 4.27. The van der Waals surface area contributed by atoms with Crippen LogP contribution in [-0.2, 0) is 12.8 Å². The second-order valence-corrected chi connectivity index (χ2v) is 5.67. The maximum absolute atomic E-state index is 13.1. The fourth-order valence-corrected chi connectivity index (χ4v) is 3.04. The number of rotatable bonds is 5. The van der Waals surface area contributed by atoms with Gasteiger partial charge in [0.1, 0.15) is 10.7 Å². The van der Waals surface area contributed by atoms with Crippen LogP contribution in [0.15, 0.2) is 24.4 Å². The first-order chi connectivity index (χ1) is 10.7. The Balaban J connectivity index is 1.64. The van der Waals surface area contributed by atoms with Crippen LogP contribution < -0.4 is 5.32 Å². The Kier molecular flexibility index (Phi) is 4.15. The summed E-state index contributed by atoms with van der Waals surface area (Å²) >= 11 is 1.11. The molecule has 0 aliphatic rings. The highest BCUT2D eigenvalue weighted by Crippen LogP contribution is 2.19. The second-order valence-electron chi connectivity index (χ2n) is 4.91. The molecule has 0 fully saturated rings. The third-order valence-electron chi connectivity index (χ3n) is 3.51. The van der Waals surface area contributed by atoms with E-state index in [2.05, 4.69) is 19.9 Å². The fraction of sp³-hybridized carbons (Fsp3) is 0.267. The Hall–Kier alpha value is -2.28. The van der Waals surface area contributed by atoms with E-state index in [1.165, 1.54) is 12.1 Å². The van der Waals surface area contributed by atoms with Gasteiger partial charge in [-0.05, 0) is 48.1 Å². The molecule has 3 rings (SSSR count). The molecule has 2 aromatic heterocycles. The number of hydrogen-bond acceptors (Lipinski definition) is 4. The molecule has 0 spiro atoms. The maximum atomic E-state index is 13.1. The number of nitrogens with zero attached hydrogens (tertiary/aromatic N) is 2. The Bertz CT molecular complexity index is 811. The molecule has 0 atom stereocenters. The van der Waals surface area contributed by atoms with Gasteiger partial charge in [0.25, 0.3) is 5.91 Å². The van der Waals surface area contributed by atoms with E-state index in [9.17, 15) is 9.18 Å². The van der Waals surface area contributed by atoms with Gasteiger partial charge in [0.15, 0.2) is 0 Å².